The minimum atomic E-state index is -0.178. The molecule has 0 aliphatic rings. The van der Waals surface area contributed by atoms with E-state index in [-0.39, 0.29) is 12.3 Å². The summed E-state index contributed by atoms with van der Waals surface area (Å²) in [4.78, 5) is 11.8. The number of hydrogen-bond acceptors (Lipinski definition) is 3. The monoisotopic (exact) mass is 315 g/mol. The molecule has 5 nitrogen and oxygen atoms in total. The molecule has 0 unspecified atom stereocenters. The van der Waals surface area contributed by atoms with Gasteiger partial charge in [-0.05, 0) is 42.0 Å². The lowest BCUT2D eigenvalue weighted by Gasteiger charge is -2.11. The van der Waals surface area contributed by atoms with Crippen molar-refractivity contribution in [2.24, 2.45) is 0 Å². The van der Waals surface area contributed by atoms with Crippen LogP contribution in [0.2, 0.25) is 0 Å². The second kappa shape index (κ2) is 7.99. The highest BCUT2D eigenvalue weighted by molar-refractivity contribution is 7.80. The highest BCUT2D eigenvalue weighted by atomic mass is 32.1. The molecule has 0 bridgehead atoms. The summed E-state index contributed by atoms with van der Waals surface area (Å²) in [7, 11) is 1.60. The van der Waals surface area contributed by atoms with Crippen LogP contribution in [0.25, 0.3) is 0 Å². The SMILES string of the molecule is COc1ccc(CC(=O)NNC(=S)Nc2ccccc2)cc1. The van der Waals surface area contributed by atoms with Crippen LogP contribution in [0.3, 0.4) is 0 Å². The van der Waals surface area contributed by atoms with E-state index in [1.165, 1.54) is 0 Å². The molecule has 2 aromatic carbocycles. The van der Waals surface area contributed by atoms with Gasteiger partial charge in [0.15, 0.2) is 5.11 Å². The average molecular weight is 315 g/mol. The number of benzene rings is 2. The maximum Gasteiger partial charge on any atom is 0.242 e. The summed E-state index contributed by atoms with van der Waals surface area (Å²) in [5, 5.41) is 3.29. The Hall–Kier alpha value is -2.60. The fraction of sp³-hybridized carbons (Fsp3) is 0.125. The van der Waals surface area contributed by atoms with Gasteiger partial charge in [0.25, 0.3) is 0 Å². The molecule has 0 spiro atoms. The Morgan fingerprint density at radius 3 is 2.36 bits per heavy atom. The zero-order valence-corrected chi connectivity index (χ0v) is 12.9. The van der Waals surface area contributed by atoms with Crippen LogP contribution in [0, 0.1) is 0 Å². The molecule has 22 heavy (non-hydrogen) atoms. The van der Waals surface area contributed by atoms with Crippen molar-refractivity contribution in [3.63, 3.8) is 0 Å². The molecule has 0 heterocycles. The second-order valence-electron chi connectivity index (χ2n) is 4.52. The maximum absolute atomic E-state index is 11.8. The Balaban J connectivity index is 1.76. The number of amides is 1. The third-order valence-electron chi connectivity index (χ3n) is 2.87. The molecular weight excluding hydrogens is 298 g/mol. The van der Waals surface area contributed by atoms with E-state index in [9.17, 15) is 4.79 Å². The predicted octanol–water partition coefficient (Wildman–Crippen LogP) is 2.26. The van der Waals surface area contributed by atoms with Crippen LogP contribution in [0.1, 0.15) is 5.56 Å². The molecule has 0 atom stereocenters. The maximum atomic E-state index is 11.8. The lowest BCUT2D eigenvalue weighted by atomic mass is 10.1. The minimum absolute atomic E-state index is 0.178. The molecule has 0 radical (unpaired) electrons. The van der Waals surface area contributed by atoms with E-state index in [2.05, 4.69) is 16.2 Å². The minimum Gasteiger partial charge on any atom is -0.497 e. The van der Waals surface area contributed by atoms with Gasteiger partial charge in [-0.15, -0.1) is 0 Å². The van der Waals surface area contributed by atoms with Crippen LogP contribution in [-0.4, -0.2) is 18.1 Å². The summed E-state index contributed by atoms with van der Waals surface area (Å²) in [5.74, 6) is 0.581. The van der Waals surface area contributed by atoms with Crippen LogP contribution in [-0.2, 0) is 11.2 Å². The number of methoxy groups -OCH3 is 1. The van der Waals surface area contributed by atoms with Crippen molar-refractivity contribution in [3.05, 3.63) is 60.2 Å². The van der Waals surface area contributed by atoms with Crippen molar-refractivity contribution in [1.29, 1.82) is 0 Å². The van der Waals surface area contributed by atoms with E-state index in [0.717, 1.165) is 17.0 Å². The standard InChI is InChI=1S/C16H17N3O2S/c1-21-14-9-7-12(8-10-14)11-15(20)18-19-16(22)17-13-5-3-2-4-6-13/h2-10H,11H2,1H3,(H,18,20)(H2,17,19,22). The summed E-state index contributed by atoms with van der Waals surface area (Å²) in [6.45, 7) is 0. The topological polar surface area (TPSA) is 62.4 Å². The van der Waals surface area contributed by atoms with Gasteiger partial charge in [-0.2, -0.15) is 0 Å². The van der Waals surface area contributed by atoms with E-state index in [1.54, 1.807) is 7.11 Å². The molecule has 6 heteroatoms. The molecule has 3 N–H and O–H groups in total. The summed E-state index contributed by atoms with van der Waals surface area (Å²) >= 11 is 5.10. The smallest absolute Gasteiger partial charge is 0.242 e. The Labute approximate surface area is 134 Å². The third-order valence-corrected chi connectivity index (χ3v) is 3.07. The molecule has 114 valence electrons. The predicted molar refractivity (Wildman–Crippen MR) is 90.6 cm³/mol. The van der Waals surface area contributed by atoms with E-state index in [1.807, 2.05) is 54.6 Å². The molecule has 0 aliphatic carbocycles. The zero-order chi connectivity index (χ0) is 15.8. The summed E-state index contributed by atoms with van der Waals surface area (Å²) in [6.07, 6.45) is 0.255. The fourth-order valence-electron chi connectivity index (χ4n) is 1.78. The first kappa shape index (κ1) is 15.8. The van der Waals surface area contributed by atoms with Crippen LogP contribution in [0.5, 0.6) is 5.75 Å². The normalized spacial score (nSPS) is 9.68. The van der Waals surface area contributed by atoms with Gasteiger partial charge in [-0.3, -0.25) is 15.6 Å². The Bertz CT molecular complexity index is 630. The molecule has 2 aromatic rings. The number of hydrazine groups is 1. The Morgan fingerprint density at radius 1 is 1.05 bits per heavy atom. The number of carbonyl (C=O) groups excluding carboxylic acids is 1. The highest BCUT2D eigenvalue weighted by Gasteiger charge is 2.04. The molecule has 0 saturated carbocycles. The number of hydrogen-bond donors (Lipinski definition) is 3. The molecule has 0 aromatic heterocycles. The van der Waals surface area contributed by atoms with Crippen LogP contribution in [0.4, 0.5) is 5.69 Å². The van der Waals surface area contributed by atoms with Gasteiger partial charge in [0, 0.05) is 5.69 Å². The molecule has 0 fully saturated rings. The number of para-hydroxylation sites is 1. The molecule has 2 rings (SSSR count). The van der Waals surface area contributed by atoms with Crippen molar-refractivity contribution in [2.75, 3.05) is 12.4 Å². The van der Waals surface area contributed by atoms with Gasteiger partial charge in [-0.25, -0.2) is 0 Å². The summed E-state index contributed by atoms with van der Waals surface area (Å²) in [5.41, 5.74) is 6.97. The third kappa shape index (κ3) is 5.06. The fourth-order valence-corrected chi connectivity index (χ4v) is 1.95. The number of anilines is 1. The Kier molecular flexibility index (Phi) is 5.73. The first-order chi connectivity index (χ1) is 10.7. The number of nitrogens with one attached hydrogen (secondary N) is 3. The average Bonchev–Trinajstić information content (AvgIpc) is 2.55. The van der Waals surface area contributed by atoms with Gasteiger partial charge in [0.2, 0.25) is 5.91 Å². The first-order valence-electron chi connectivity index (χ1n) is 6.71. The van der Waals surface area contributed by atoms with Crippen molar-refractivity contribution >= 4 is 28.9 Å². The molecule has 1 amide bonds. The van der Waals surface area contributed by atoms with Crippen molar-refractivity contribution in [3.8, 4) is 5.75 Å². The van der Waals surface area contributed by atoms with Crippen LogP contribution >= 0.6 is 12.2 Å². The lowest BCUT2D eigenvalue weighted by molar-refractivity contribution is -0.120. The van der Waals surface area contributed by atoms with Gasteiger partial charge in [0.05, 0.1) is 13.5 Å². The van der Waals surface area contributed by atoms with Gasteiger partial charge >= 0.3 is 0 Å². The lowest BCUT2D eigenvalue weighted by Crippen LogP contribution is -2.44. The van der Waals surface area contributed by atoms with E-state index in [4.69, 9.17) is 17.0 Å². The first-order valence-corrected chi connectivity index (χ1v) is 7.12. The number of ether oxygens (including phenoxy) is 1. The van der Waals surface area contributed by atoms with E-state index < -0.39 is 0 Å². The van der Waals surface area contributed by atoms with Gasteiger partial charge < -0.3 is 10.1 Å². The number of rotatable bonds is 4. The second-order valence-corrected chi connectivity index (χ2v) is 4.93. The van der Waals surface area contributed by atoms with Crippen LogP contribution in [0.15, 0.2) is 54.6 Å². The van der Waals surface area contributed by atoms with Gasteiger partial charge in [-0.1, -0.05) is 30.3 Å². The van der Waals surface area contributed by atoms with Gasteiger partial charge in [0.1, 0.15) is 5.75 Å². The molecule has 0 aliphatic heterocycles. The largest absolute Gasteiger partial charge is 0.497 e. The quantitative estimate of drug-likeness (QED) is 0.597. The Morgan fingerprint density at radius 2 is 1.73 bits per heavy atom. The van der Waals surface area contributed by atoms with E-state index in [0.29, 0.717) is 5.11 Å². The number of thiocarbonyl (C=S) groups is 1. The zero-order valence-electron chi connectivity index (χ0n) is 12.1. The van der Waals surface area contributed by atoms with Crippen molar-refractivity contribution in [1.82, 2.24) is 10.9 Å². The van der Waals surface area contributed by atoms with E-state index >= 15 is 0 Å². The van der Waals surface area contributed by atoms with Crippen molar-refractivity contribution < 1.29 is 9.53 Å². The summed E-state index contributed by atoms with van der Waals surface area (Å²) in [6, 6.07) is 16.8. The summed E-state index contributed by atoms with van der Waals surface area (Å²) < 4.78 is 5.07. The van der Waals surface area contributed by atoms with Crippen LogP contribution < -0.4 is 20.9 Å². The van der Waals surface area contributed by atoms with Crippen molar-refractivity contribution in [2.45, 2.75) is 6.42 Å². The highest BCUT2D eigenvalue weighted by Crippen LogP contribution is 2.11. The number of carbonyl (C=O) groups is 1. The molecular formula is C16H17N3O2S. The molecule has 0 saturated heterocycles.